The molecule has 2 heteroatoms. The topological polar surface area (TPSA) is 29.5 Å². The first-order chi connectivity index (χ1) is 6.74. The molecule has 0 heterocycles. The summed E-state index contributed by atoms with van der Waals surface area (Å²) in [5.41, 5.74) is 0. The molecule has 0 aromatic heterocycles. The fraction of sp³-hybridized carbons (Fsp3) is 1.00. The predicted octanol–water partition coefficient (Wildman–Crippen LogP) is 2.74. The molecular formula is C12H24O2. The summed E-state index contributed by atoms with van der Waals surface area (Å²) in [6.07, 6.45) is 7.49. The van der Waals surface area contributed by atoms with Crippen LogP contribution in [0.3, 0.4) is 0 Å². The highest BCUT2D eigenvalue weighted by molar-refractivity contribution is 4.68. The van der Waals surface area contributed by atoms with E-state index in [4.69, 9.17) is 4.74 Å². The SMILES string of the molecule is CCC(C)C(O)COC1CCCCC1. The summed E-state index contributed by atoms with van der Waals surface area (Å²) in [4.78, 5) is 0. The summed E-state index contributed by atoms with van der Waals surface area (Å²) in [5.74, 6) is 0.360. The summed E-state index contributed by atoms with van der Waals surface area (Å²) in [6, 6.07) is 0. The van der Waals surface area contributed by atoms with Gasteiger partial charge < -0.3 is 9.84 Å². The Bertz CT molecular complexity index is 139. The molecule has 84 valence electrons. The zero-order valence-electron chi connectivity index (χ0n) is 9.54. The van der Waals surface area contributed by atoms with Crippen molar-refractivity contribution in [2.24, 2.45) is 5.92 Å². The summed E-state index contributed by atoms with van der Waals surface area (Å²) >= 11 is 0. The fourth-order valence-electron chi connectivity index (χ4n) is 1.90. The van der Waals surface area contributed by atoms with Gasteiger partial charge in [0.15, 0.2) is 0 Å². The Labute approximate surface area is 87.7 Å². The molecule has 0 aliphatic heterocycles. The highest BCUT2D eigenvalue weighted by atomic mass is 16.5. The molecule has 0 aromatic carbocycles. The maximum atomic E-state index is 9.72. The standard InChI is InChI=1S/C12H24O2/c1-3-10(2)12(13)9-14-11-7-5-4-6-8-11/h10-13H,3-9H2,1-2H3. The Balaban J connectivity index is 2.12. The first-order valence-corrected chi connectivity index (χ1v) is 6.03. The quantitative estimate of drug-likeness (QED) is 0.739. The predicted molar refractivity (Wildman–Crippen MR) is 58.3 cm³/mol. The van der Waals surface area contributed by atoms with Gasteiger partial charge in [0.05, 0.1) is 18.8 Å². The molecule has 1 fully saturated rings. The number of ether oxygens (including phenoxy) is 1. The van der Waals surface area contributed by atoms with Gasteiger partial charge in [0.25, 0.3) is 0 Å². The van der Waals surface area contributed by atoms with E-state index in [1.165, 1.54) is 32.1 Å². The second kappa shape index (κ2) is 6.41. The minimum Gasteiger partial charge on any atom is -0.390 e. The molecule has 2 unspecified atom stereocenters. The van der Waals surface area contributed by atoms with Crippen molar-refractivity contribution in [1.82, 2.24) is 0 Å². The summed E-state index contributed by atoms with van der Waals surface area (Å²) in [7, 11) is 0. The number of aliphatic hydroxyl groups excluding tert-OH is 1. The summed E-state index contributed by atoms with van der Waals surface area (Å²) in [6.45, 7) is 4.71. The van der Waals surface area contributed by atoms with Crippen LogP contribution in [0.25, 0.3) is 0 Å². The second-order valence-corrected chi connectivity index (χ2v) is 4.55. The van der Waals surface area contributed by atoms with E-state index in [0.717, 1.165) is 6.42 Å². The Morgan fingerprint density at radius 1 is 1.29 bits per heavy atom. The minimum absolute atomic E-state index is 0.276. The molecule has 0 aromatic rings. The molecule has 1 aliphatic rings. The third-order valence-electron chi connectivity index (χ3n) is 3.36. The lowest BCUT2D eigenvalue weighted by Gasteiger charge is -2.25. The van der Waals surface area contributed by atoms with Crippen molar-refractivity contribution in [2.75, 3.05) is 6.61 Å². The third-order valence-corrected chi connectivity index (χ3v) is 3.36. The lowest BCUT2D eigenvalue weighted by molar-refractivity contribution is -0.0404. The zero-order chi connectivity index (χ0) is 10.4. The molecule has 0 amide bonds. The van der Waals surface area contributed by atoms with Crippen LogP contribution in [-0.2, 0) is 4.74 Å². The van der Waals surface area contributed by atoms with E-state index < -0.39 is 0 Å². The highest BCUT2D eigenvalue weighted by Gasteiger charge is 2.17. The zero-order valence-corrected chi connectivity index (χ0v) is 9.54. The van der Waals surface area contributed by atoms with Gasteiger partial charge in [-0.1, -0.05) is 39.5 Å². The molecule has 14 heavy (non-hydrogen) atoms. The number of hydrogen-bond donors (Lipinski definition) is 1. The molecule has 2 atom stereocenters. The number of rotatable bonds is 5. The van der Waals surface area contributed by atoms with Gasteiger partial charge in [0, 0.05) is 0 Å². The largest absolute Gasteiger partial charge is 0.390 e. The fourth-order valence-corrected chi connectivity index (χ4v) is 1.90. The van der Waals surface area contributed by atoms with E-state index in [9.17, 15) is 5.11 Å². The van der Waals surface area contributed by atoms with Crippen molar-refractivity contribution in [3.63, 3.8) is 0 Å². The second-order valence-electron chi connectivity index (χ2n) is 4.55. The van der Waals surface area contributed by atoms with Crippen LogP contribution >= 0.6 is 0 Å². The molecule has 1 aliphatic carbocycles. The maximum Gasteiger partial charge on any atom is 0.0799 e. The molecule has 0 spiro atoms. The van der Waals surface area contributed by atoms with Gasteiger partial charge in [-0.3, -0.25) is 0 Å². The van der Waals surface area contributed by atoms with E-state index in [-0.39, 0.29) is 6.10 Å². The molecule has 0 bridgehead atoms. The number of hydrogen-bond acceptors (Lipinski definition) is 2. The molecule has 2 nitrogen and oxygen atoms in total. The van der Waals surface area contributed by atoms with Gasteiger partial charge in [-0.2, -0.15) is 0 Å². The normalized spacial score (nSPS) is 23.4. The van der Waals surface area contributed by atoms with Crippen LogP contribution in [-0.4, -0.2) is 23.9 Å². The van der Waals surface area contributed by atoms with Crippen molar-refractivity contribution in [2.45, 2.75) is 64.6 Å². The van der Waals surface area contributed by atoms with E-state index in [1.54, 1.807) is 0 Å². The third kappa shape index (κ3) is 3.97. The summed E-state index contributed by atoms with van der Waals surface area (Å²) in [5, 5.41) is 9.72. The lowest BCUT2D eigenvalue weighted by atomic mass is 9.97. The van der Waals surface area contributed by atoms with E-state index in [0.29, 0.717) is 18.6 Å². The molecule has 1 rings (SSSR count). The van der Waals surface area contributed by atoms with Crippen molar-refractivity contribution < 1.29 is 9.84 Å². The van der Waals surface area contributed by atoms with Gasteiger partial charge in [0.1, 0.15) is 0 Å². The lowest BCUT2D eigenvalue weighted by Crippen LogP contribution is -2.27. The molecule has 0 radical (unpaired) electrons. The minimum atomic E-state index is -0.276. The summed E-state index contributed by atoms with van der Waals surface area (Å²) < 4.78 is 5.72. The first kappa shape index (κ1) is 12.0. The van der Waals surface area contributed by atoms with Crippen molar-refractivity contribution >= 4 is 0 Å². The van der Waals surface area contributed by atoms with Crippen LogP contribution in [0, 0.1) is 5.92 Å². The molecule has 1 N–H and O–H groups in total. The van der Waals surface area contributed by atoms with Crippen LogP contribution in [0.1, 0.15) is 52.4 Å². The van der Waals surface area contributed by atoms with Gasteiger partial charge in [-0.05, 0) is 18.8 Å². The van der Waals surface area contributed by atoms with Crippen LogP contribution in [0.2, 0.25) is 0 Å². The molecular weight excluding hydrogens is 176 g/mol. The Morgan fingerprint density at radius 3 is 2.50 bits per heavy atom. The molecule has 1 saturated carbocycles. The first-order valence-electron chi connectivity index (χ1n) is 6.03. The molecule has 0 saturated heterocycles. The Kier molecular flexibility index (Phi) is 5.49. The average molecular weight is 200 g/mol. The van der Waals surface area contributed by atoms with Crippen molar-refractivity contribution in [3.8, 4) is 0 Å². The Hall–Kier alpha value is -0.0800. The smallest absolute Gasteiger partial charge is 0.0799 e. The van der Waals surface area contributed by atoms with Gasteiger partial charge in [0.2, 0.25) is 0 Å². The van der Waals surface area contributed by atoms with Gasteiger partial charge >= 0.3 is 0 Å². The van der Waals surface area contributed by atoms with E-state index >= 15 is 0 Å². The number of aliphatic hydroxyl groups is 1. The Morgan fingerprint density at radius 2 is 1.93 bits per heavy atom. The van der Waals surface area contributed by atoms with Gasteiger partial charge in [-0.15, -0.1) is 0 Å². The van der Waals surface area contributed by atoms with Crippen LogP contribution < -0.4 is 0 Å². The van der Waals surface area contributed by atoms with Crippen LogP contribution in [0.4, 0.5) is 0 Å². The van der Waals surface area contributed by atoms with Crippen LogP contribution in [0.5, 0.6) is 0 Å². The van der Waals surface area contributed by atoms with Crippen molar-refractivity contribution in [3.05, 3.63) is 0 Å². The average Bonchev–Trinajstić information content (AvgIpc) is 2.26. The van der Waals surface area contributed by atoms with Crippen LogP contribution in [0.15, 0.2) is 0 Å². The highest BCUT2D eigenvalue weighted by Crippen LogP contribution is 2.21. The van der Waals surface area contributed by atoms with Crippen molar-refractivity contribution in [1.29, 1.82) is 0 Å². The van der Waals surface area contributed by atoms with E-state index in [2.05, 4.69) is 13.8 Å². The maximum absolute atomic E-state index is 9.72. The van der Waals surface area contributed by atoms with E-state index in [1.807, 2.05) is 0 Å². The monoisotopic (exact) mass is 200 g/mol. The van der Waals surface area contributed by atoms with Gasteiger partial charge in [-0.25, -0.2) is 0 Å².